The molecular formula is C13H17N3S. The Bertz CT molecular complexity index is 453. The van der Waals surface area contributed by atoms with Crippen molar-refractivity contribution in [3.05, 3.63) is 47.0 Å². The van der Waals surface area contributed by atoms with Crippen molar-refractivity contribution in [1.29, 1.82) is 0 Å². The average molecular weight is 247 g/mol. The van der Waals surface area contributed by atoms with Crippen LogP contribution in [-0.2, 0) is 6.42 Å². The summed E-state index contributed by atoms with van der Waals surface area (Å²) in [5.41, 5.74) is 6.90. The number of benzene rings is 1. The van der Waals surface area contributed by atoms with E-state index in [0.29, 0.717) is 11.2 Å². The van der Waals surface area contributed by atoms with Gasteiger partial charge in [0.05, 0.1) is 0 Å². The zero-order valence-corrected chi connectivity index (χ0v) is 10.7. The molecule has 3 nitrogen and oxygen atoms in total. The summed E-state index contributed by atoms with van der Waals surface area (Å²) in [7, 11) is 0. The Kier molecular flexibility index (Phi) is 4.12. The fourth-order valence-electron chi connectivity index (χ4n) is 1.71. The average Bonchev–Trinajstić information content (AvgIpc) is 2.76. The van der Waals surface area contributed by atoms with Crippen LogP contribution in [0.25, 0.3) is 0 Å². The third kappa shape index (κ3) is 3.54. The van der Waals surface area contributed by atoms with Crippen LogP contribution in [0.5, 0.6) is 0 Å². The van der Waals surface area contributed by atoms with Crippen molar-refractivity contribution in [3.8, 4) is 0 Å². The Morgan fingerprint density at radius 3 is 2.76 bits per heavy atom. The molecule has 0 saturated carbocycles. The molecule has 1 unspecified atom stereocenters. The van der Waals surface area contributed by atoms with Crippen molar-refractivity contribution in [2.45, 2.75) is 19.4 Å². The van der Waals surface area contributed by atoms with E-state index in [1.165, 1.54) is 10.4 Å². The predicted molar refractivity (Wildman–Crippen MR) is 73.1 cm³/mol. The quantitative estimate of drug-likeness (QED) is 0.854. The van der Waals surface area contributed by atoms with Crippen molar-refractivity contribution >= 4 is 16.5 Å². The number of thiazole rings is 1. The fourth-order valence-corrected chi connectivity index (χ4v) is 2.39. The summed E-state index contributed by atoms with van der Waals surface area (Å²) in [6, 6.07) is 10.8. The number of nitrogen functional groups attached to an aromatic ring is 1. The van der Waals surface area contributed by atoms with E-state index in [1.807, 2.05) is 12.3 Å². The van der Waals surface area contributed by atoms with E-state index in [4.69, 9.17) is 5.73 Å². The first-order chi connectivity index (χ1) is 8.25. The van der Waals surface area contributed by atoms with Gasteiger partial charge in [0.25, 0.3) is 0 Å². The molecule has 1 aromatic heterocycles. The van der Waals surface area contributed by atoms with Gasteiger partial charge in [-0.25, -0.2) is 4.98 Å². The topological polar surface area (TPSA) is 50.9 Å². The summed E-state index contributed by atoms with van der Waals surface area (Å²) in [4.78, 5) is 5.27. The van der Waals surface area contributed by atoms with E-state index in [-0.39, 0.29) is 0 Å². The minimum absolute atomic E-state index is 0.376. The molecule has 3 N–H and O–H groups in total. The van der Waals surface area contributed by atoms with Crippen molar-refractivity contribution in [1.82, 2.24) is 10.3 Å². The van der Waals surface area contributed by atoms with Crippen molar-refractivity contribution in [2.75, 3.05) is 12.3 Å². The smallest absolute Gasteiger partial charge is 0.180 e. The molecule has 1 aromatic carbocycles. The molecule has 0 aliphatic rings. The maximum absolute atomic E-state index is 5.59. The van der Waals surface area contributed by atoms with E-state index in [1.54, 1.807) is 11.3 Å². The highest BCUT2D eigenvalue weighted by Crippen LogP contribution is 2.15. The van der Waals surface area contributed by atoms with Crippen LogP contribution >= 0.6 is 11.3 Å². The van der Waals surface area contributed by atoms with Crippen LogP contribution in [-0.4, -0.2) is 11.5 Å². The Morgan fingerprint density at radius 2 is 2.12 bits per heavy atom. The number of anilines is 1. The maximum Gasteiger partial charge on any atom is 0.180 e. The zero-order chi connectivity index (χ0) is 12.1. The largest absolute Gasteiger partial charge is 0.375 e. The van der Waals surface area contributed by atoms with Gasteiger partial charge in [-0.15, -0.1) is 11.3 Å². The number of rotatable bonds is 5. The lowest BCUT2D eigenvalue weighted by Gasteiger charge is -2.13. The second-order valence-corrected chi connectivity index (χ2v) is 5.15. The highest BCUT2D eigenvalue weighted by Gasteiger charge is 2.04. The zero-order valence-electron chi connectivity index (χ0n) is 9.89. The van der Waals surface area contributed by atoms with Gasteiger partial charge in [0.2, 0.25) is 0 Å². The van der Waals surface area contributed by atoms with Crippen LogP contribution in [0.2, 0.25) is 0 Å². The van der Waals surface area contributed by atoms with Gasteiger partial charge >= 0.3 is 0 Å². The van der Waals surface area contributed by atoms with Gasteiger partial charge < -0.3 is 11.1 Å². The van der Waals surface area contributed by atoms with E-state index < -0.39 is 0 Å². The SMILES string of the molecule is CC(NCCc1cnc(N)s1)c1ccccc1. The molecule has 17 heavy (non-hydrogen) atoms. The first-order valence-corrected chi connectivity index (χ1v) is 6.56. The highest BCUT2D eigenvalue weighted by atomic mass is 32.1. The molecule has 0 saturated heterocycles. The number of hydrogen-bond donors (Lipinski definition) is 2. The molecule has 0 spiro atoms. The lowest BCUT2D eigenvalue weighted by Crippen LogP contribution is -2.20. The standard InChI is InChI=1S/C13H17N3S/c1-10(11-5-3-2-4-6-11)15-8-7-12-9-16-13(14)17-12/h2-6,9-10,15H,7-8H2,1H3,(H2,14,16). The van der Waals surface area contributed by atoms with Crippen LogP contribution in [0.15, 0.2) is 36.5 Å². The lowest BCUT2D eigenvalue weighted by molar-refractivity contribution is 0.578. The molecule has 0 aliphatic carbocycles. The van der Waals surface area contributed by atoms with Gasteiger partial charge in [0.15, 0.2) is 5.13 Å². The molecule has 0 radical (unpaired) electrons. The van der Waals surface area contributed by atoms with Crippen molar-refractivity contribution in [3.63, 3.8) is 0 Å². The fraction of sp³-hybridized carbons (Fsp3) is 0.308. The van der Waals surface area contributed by atoms with Gasteiger partial charge in [-0.05, 0) is 18.9 Å². The Labute approximate surface area is 106 Å². The summed E-state index contributed by atoms with van der Waals surface area (Å²) in [6.07, 6.45) is 2.83. The molecule has 1 heterocycles. The van der Waals surface area contributed by atoms with E-state index >= 15 is 0 Å². The van der Waals surface area contributed by atoms with Gasteiger partial charge in [0, 0.05) is 23.7 Å². The number of hydrogen-bond acceptors (Lipinski definition) is 4. The summed E-state index contributed by atoms with van der Waals surface area (Å²) in [5, 5.41) is 4.14. The third-order valence-corrected chi connectivity index (χ3v) is 3.58. The monoisotopic (exact) mass is 247 g/mol. The maximum atomic E-state index is 5.59. The van der Waals surface area contributed by atoms with Crippen LogP contribution in [0, 0.1) is 0 Å². The summed E-state index contributed by atoms with van der Waals surface area (Å²) >= 11 is 1.56. The van der Waals surface area contributed by atoms with E-state index in [9.17, 15) is 0 Å². The molecule has 0 aliphatic heterocycles. The van der Waals surface area contributed by atoms with Crippen molar-refractivity contribution in [2.24, 2.45) is 0 Å². The minimum atomic E-state index is 0.376. The molecule has 1 atom stereocenters. The second-order valence-electron chi connectivity index (χ2n) is 4.00. The number of nitrogens with zero attached hydrogens (tertiary/aromatic N) is 1. The van der Waals surface area contributed by atoms with E-state index in [2.05, 4.69) is 41.5 Å². The highest BCUT2D eigenvalue weighted by molar-refractivity contribution is 7.15. The Balaban J connectivity index is 1.79. The third-order valence-electron chi connectivity index (χ3n) is 2.69. The van der Waals surface area contributed by atoms with Crippen LogP contribution in [0.3, 0.4) is 0 Å². The number of nitrogens with one attached hydrogen (secondary N) is 1. The normalized spacial score (nSPS) is 12.5. The minimum Gasteiger partial charge on any atom is -0.375 e. The van der Waals surface area contributed by atoms with Gasteiger partial charge in [0.1, 0.15) is 0 Å². The van der Waals surface area contributed by atoms with Gasteiger partial charge in [-0.1, -0.05) is 30.3 Å². The molecule has 4 heteroatoms. The predicted octanol–water partition coefficient (Wildman–Crippen LogP) is 2.62. The molecular weight excluding hydrogens is 230 g/mol. The summed E-state index contributed by atoms with van der Waals surface area (Å²) in [6.45, 7) is 3.12. The van der Waals surface area contributed by atoms with Crippen LogP contribution in [0.4, 0.5) is 5.13 Å². The second kappa shape index (κ2) is 5.80. The molecule has 0 fully saturated rings. The number of aromatic nitrogens is 1. The molecule has 90 valence electrons. The van der Waals surface area contributed by atoms with Gasteiger partial charge in [-0.2, -0.15) is 0 Å². The molecule has 0 amide bonds. The summed E-state index contributed by atoms with van der Waals surface area (Å²) in [5.74, 6) is 0. The summed E-state index contributed by atoms with van der Waals surface area (Å²) < 4.78 is 0. The molecule has 2 rings (SSSR count). The molecule has 2 aromatic rings. The Hall–Kier alpha value is -1.39. The lowest BCUT2D eigenvalue weighted by atomic mass is 10.1. The first-order valence-electron chi connectivity index (χ1n) is 5.74. The van der Waals surface area contributed by atoms with Crippen LogP contribution in [0.1, 0.15) is 23.4 Å². The first kappa shape index (κ1) is 12.1. The van der Waals surface area contributed by atoms with Crippen LogP contribution < -0.4 is 11.1 Å². The Morgan fingerprint density at radius 1 is 1.35 bits per heavy atom. The number of nitrogens with two attached hydrogens (primary N) is 1. The van der Waals surface area contributed by atoms with E-state index in [0.717, 1.165) is 13.0 Å². The molecule has 0 bridgehead atoms. The van der Waals surface area contributed by atoms with Gasteiger partial charge in [-0.3, -0.25) is 0 Å². The van der Waals surface area contributed by atoms with Crippen molar-refractivity contribution < 1.29 is 0 Å².